The number of hydrogen-bond acceptors (Lipinski definition) is 3. The van der Waals surface area contributed by atoms with E-state index in [0.29, 0.717) is 0 Å². The molecule has 6 heteroatoms. The molecule has 140 valence electrons. The third kappa shape index (κ3) is 4.81. The number of fused-ring (bicyclic) bond motifs is 1. The Labute approximate surface area is 156 Å². The lowest BCUT2D eigenvalue weighted by molar-refractivity contribution is -0.124. The van der Waals surface area contributed by atoms with Gasteiger partial charge in [0.1, 0.15) is 5.82 Å². The van der Waals surface area contributed by atoms with E-state index >= 15 is 0 Å². The Morgan fingerprint density at radius 2 is 2.00 bits per heavy atom. The van der Waals surface area contributed by atoms with Gasteiger partial charge in [-0.05, 0) is 60.9 Å². The number of carbonyl (C=O) groups is 1. The monoisotopic (exact) mass is 367 g/mol. The normalized spacial score (nSPS) is 11.4. The summed E-state index contributed by atoms with van der Waals surface area (Å²) in [6.07, 6.45) is 3.70. The molecule has 0 unspecified atom stereocenters. The van der Waals surface area contributed by atoms with E-state index in [1.54, 1.807) is 23.7 Å². The highest BCUT2D eigenvalue weighted by Crippen LogP contribution is 2.23. The molecule has 0 saturated heterocycles. The summed E-state index contributed by atoms with van der Waals surface area (Å²) >= 11 is 0. The number of benzene rings is 2. The number of amides is 1. The second-order valence-electron chi connectivity index (χ2n) is 6.40. The molecule has 5 nitrogen and oxygen atoms in total. The van der Waals surface area contributed by atoms with Crippen LogP contribution in [0.1, 0.15) is 22.4 Å². The Balaban J connectivity index is 1.53. The molecule has 0 aliphatic heterocycles. The molecule has 0 radical (unpaired) electrons. The van der Waals surface area contributed by atoms with Crippen molar-refractivity contribution >= 4 is 22.9 Å². The van der Waals surface area contributed by atoms with Crippen LogP contribution < -0.4 is 10.8 Å². The van der Waals surface area contributed by atoms with Crippen LogP contribution in [0.2, 0.25) is 0 Å². The van der Waals surface area contributed by atoms with E-state index in [1.165, 1.54) is 12.1 Å². The van der Waals surface area contributed by atoms with Gasteiger partial charge in [0.25, 0.3) is 5.91 Å². The van der Waals surface area contributed by atoms with Gasteiger partial charge in [0, 0.05) is 29.2 Å². The molecule has 1 heterocycles. The zero-order chi connectivity index (χ0) is 19.2. The first-order valence-electron chi connectivity index (χ1n) is 8.75. The third-order valence-electron chi connectivity index (χ3n) is 4.48. The molecule has 3 aromatic rings. The number of hydroxylamine groups is 1. The summed E-state index contributed by atoms with van der Waals surface area (Å²) < 4.78 is 13.5. The van der Waals surface area contributed by atoms with Gasteiger partial charge in [0.05, 0.1) is 0 Å². The van der Waals surface area contributed by atoms with Crippen molar-refractivity contribution in [2.45, 2.75) is 19.9 Å². The fraction of sp³-hybridized carbons (Fsp3) is 0.190. The van der Waals surface area contributed by atoms with Crippen molar-refractivity contribution in [3.63, 3.8) is 0 Å². The number of H-pyrrole nitrogens is 1. The van der Waals surface area contributed by atoms with Gasteiger partial charge in [-0.3, -0.25) is 10.0 Å². The molecule has 1 aromatic heterocycles. The highest BCUT2D eigenvalue weighted by molar-refractivity contribution is 5.90. The maximum atomic E-state index is 13.5. The number of rotatable bonds is 7. The van der Waals surface area contributed by atoms with Gasteiger partial charge in [0.15, 0.2) is 0 Å². The van der Waals surface area contributed by atoms with Crippen molar-refractivity contribution in [2.24, 2.45) is 0 Å². The molecule has 1 amide bonds. The van der Waals surface area contributed by atoms with Gasteiger partial charge >= 0.3 is 0 Å². The molecule has 2 aromatic carbocycles. The third-order valence-corrected chi connectivity index (χ3v) is 4.48. The fourth-order valence-electron chi connectivity index (χ4n) is 3.08. The van der Waals surface area contributed by atoms with Crippen LogP contribution in [0.25, 0.3) is 17.0 Å². The zero-order valence-corrected chi connectivity index (χ0v) is 15.1. The number of halogens is 1. The van der Waals surface area contributed by atoms with Crippen LogP contribution in [0.3, 0.4) is 0 Å². The lowest BCUT2D eigenvalue weighted by atomic mass is 10.1. The fourth-order valence-corrected chi connectivity index (χ4v) is 3.08. The van der Waals surface area contributed by atoms with Gasteiger partial charge in [-0.1, -0.05) is 24.3 Å². The number of aromatic amines is 1. The molecule has 0 spiro atoms. The molecule has 0 atom stereocenters. The molecular formula is C21H22FN3O2. The van der Waals surface area contributed by atoms with Crippen molar-refractivity contribution < 1.29 is 14.4 Å². The SMILES string of the molecule is Cc1[nH]c2ccc(F)cc2c1CCNCc1ccc(C=CC(=O)NO)cc1. The number of aromatic nitrogens is 1. The van der Waals surface area contributed by atoms with E-state index in [9.17, 15) is 9.18 Å². The van der Waals surface area contributed by atoms with Crippen molar-refractivity contribution in [1.82, 2.24) is 15.8 Å². The molecule has 0 saturated carbocycles. The lowest BCUT2D eigenvalue weighted by Gasteiger charge is -2.06. The summed E-state index contributed by atoms with van der Waals surface area (Å²) in [7, 11) is 0. The van der Waals surface area contributed by atoms with Crippen LogP contribution in [0.5, 0.6) is 0 Å². The Hall–Kier alpha value is -2.96. The summed E-state index contributed by atoms with van der Waals surface area (Å²) in [6, 6.07) is 12.6. The van der Waals surface area contributed by atoms with E-state index < -0.39 is 5.91 Å². The van der Waals surface area contributed by atoms with Gasteiger partial charge in [-0.15, -0.1) is 0 Å². The predicted octanol–water partition coefficient (Wildman–Crippen LogP) is 3.47. The van der Waals surface area contributed by atoms with Crippen LogP contribution >= 0.6 is 0 Å². The standard InChI is InChI=1S/C21H22FN3O2/c1-14-18(19-12-17(22)7-8-20(19)24-14)10-11-23-13-16-4-2-15(3-5-16)6-9-21(26)25-27/h2-9,12,23-24,27H,10-11,13H2,1H3,(H,25,26). The van der Waals surface area contributed by atoms with Crippen LogP contribution in [0.15, 0.2) is 48.5 Å². The summed E-state index contributed by atoms with van der Waals surface area (Å²) in [6.45, 7) is 3.51. The number of hydrogen-bond donors (Lipinski definition) is 4. The largest absolute Gasteiger partial charge is 0.358 e. The summed E-state index contributed by atoms with van der Waals surface area (Å²) in [4.78, 5) is 14.3. The first kappa shape index (κ1) is 18.8. The lowest BCUT2D eigenvalue weighted by Crippen LogP contribution is -2.16. The first-order valence-corrected chi connectivity index (χ1v) is 8.75. The smallest absolute Gasteiger partial charge is 0.267 e. The van der Waals surface area contributed by atoms with Crippen molar-refractivity contribution in [3.8, 4) is 0 Å². The van der Waals surface area contributed by atoms with E-state index in [2.05, 4.69) is 10.3 Å². The molecule has 3 rings (SSSR count). The second kappa shape index (κ2) is 8.62. The van der Waals surface area contributed by atoms with Gasteiger partial charge in [-0.25, -0.2) is 9.87 Å². The van der Waals surface area contributed by atoms with E-state index in [-0.39, 0.29) is 5.82 Å². The Kier molecular flexibility index (Phi) is 6.01. The molecule has 0 bridgehead atoms. The van der Waals surface area contributed by atoms with Crippen molar-refractivity contribution in [2.75, 3.05) is 6.54 Å². The Morgan fingerprint density at radius 1 is 1.22 bits per heavy atom. The Bertz CT molecular complexity index is 961. The molecule has 0 aliphatic rings. The molecule has 0 aliphatic carbocycles. The average Bonchev–Trinajstić information content (AvgIpc) is 2.98. The molecule has 4 N–H and O–H groups in total. The minimum atomic E-state index is -0.562. The van der Waals surface area contributed by atoms with E-state index in [4.69, 9.17) is 5.21 Å². The minimum absolute atomic E-state index is 0.221. The number of aryl methyl sites for hydroxylation is 1. The maximum Gasteiger partial charge on any atom is 0.267 e. The summed E-state index contributed by atoms with van der Waals surface area (Å²) in [5.74, 6) is -0.783. The number of carbonyl (C=O) groups excluding carboxylic acids is 1. The average molecular weight is 367 g/mol. The van der Waals surface area contributed by atoms with Gasteiger partial charge in [0.2, 0.25) is 0 Å². The van der Waals surface area contributed by atoms with Crippen molar-refractivity contribution in [1.29, 1.82) is 0 Å². The topological polar surface area (TPSA) is 77.2 Å². The predicted molar refractivity (Wildman–Crippen MR) is 104 cm³/mol. The minimum Gasteiger partial charge on any atom is -0.358 e. The highest BCUT2D eigenvalue weighted by atomic mass is 19.1. The second-order valence-corrected chi connectivity index (χ2v) is 6.40. The van der Waals surface area contributed by atoms with E-state index in [1.807, 2.05) is 31.2 Å². The van der Waals surface area contributed by atoms with Gasteiger partial charge < -0.3 is 10.3 Å². The quantitative estimate of drug-likeness (QED) is 0.224. The molecular weight excluding hydrogens is 345 g/mol. The van der Waals surface area contributed by atoms with E-state index in [0.717, 1.165) is 52.8 Å². The van der Waals surface area contributed by atoms with Crippen LogP contribution in [0, 0.1) is 12.7 Å². The van der Waals surface area contributed by atoms with Crippen LogP contribution in [-0.2, 0) is 17.8 Å². The van der Waals surface area contributed by atoms with Crippen molar-refractivity contribution in [3.05, 3.63) is 76.7 Å². The van der Waals surface area contributed by atoms with Crippen LogP contribution in [-0.4, -0.2) is 22.6 Å². The maximum absolute atomic E-state index is 13.5. The number of nitrogens with one attached hydrogen (secondary N) is 3. The summed E-state index contributed by atoms with van der Waals surface area (Å²) in [5.41, 5.74) is 6.72. The first-order chi connectivity index (χ1) is 13.1. The molecule has 0 fully saturated rings. The molecule has 27 heavy (non-hydrogen) atoms. The van der Waals surface area contributed by atoms with Crippen LogP contribution in [0.4, 0.5) is 4.39 Å². The summed E-state index contributed by atoms with van der Waals surface area (Å²) in [5, 5.41) is 12.8. The Morgan fingerprint density at radius 3 is 2.74 bits per heavy atom. The zero-order valence-electron chi connectivity index (χ0n) is 15.1. The van der Waals surface area contributed by atoms with Gasteiger partial charge in [-0.2, -0.15) is 0 Å². The highest BCUT2D eigenvalue weighted by Gasteiger charge is 2.08.